The van der Waals surface area contributed by atoms with Crippen LogP contribution in [0.15, 0.2) is 43.0 Å². The van der Waals surface area contributed by atoms with Crippen LogP contribution in [-0.2, 0) is 0 Å². The van der Waals surface area contributed by atoms with Gasteiger partial charge < -0.3 is 21.1 Å². The van der Waals surface area contributed by atoms with Gasteiger partial charge in [0, 0.05) is 36.6 Å². The minimum Gasteiger partial charge on any atom is -0.393 e. The van der Waals surface area contributed by atoms with E-state index >= 15 is 0 Å². The zero-order valence-corrected chi connectivity index (χ0v) is 20.0. The second-order valence-corrected chi connectivity index (χ2v) is 9.18. The summed E-state index contributed by atoms with van der Waals surface area (Å²) >= 11 is 0. The lowest BCUT2D eigenvalue weighted by atomic mass is 9.93. The van der Waals surface area contributed by atoms with Crippen molar-refractivity contribution in [2.75, 3.05) is 16.0 Å². The van der Waals surface area contributed by atoms with Crippen molar-refractivity contribution in [3.05, 3.63) is 54.5 Å². The Morgan fingerprint density at radius 3 is 2.64 bits per heavy atom. The van der Waals surface area contributed by atoms with E-state index in [4.69, 9.17) is 0 Å². The second-order valence-electron chi connectivity index (χ2n) is 9.18. The monoisotopic (exact) mass is 493 g/mol. The molecule has 1 amide bonds. The molecule has 0 aliphatic heterocycles. The number of rotatable bonds is 7. The van der Waals surface area contributed by atoms with Crippen LogP contribution < -0.4 is 16.0 Å². The van der Waals surface area contributed by atoms with Crippen molar-refractivity contribution < 1.29 is 14.3 Å². The van der Waals surface area contributed by atoms with Crippen molar-refractivity contribution in [2.45, 2.75) is 57.7 Å². The third kappa shape index (κ3) is 4.98. The van der Waals surface area contributed by atoms with E-state index < -0.39 is 11.7 Å². The summed E-state index contributed by atoms with van der Waals surface area (Å²) in [5, 5.41) is 28.3. The highest BCUT2D eigenvalue weighted by Crippen LogP contribution is 2.27. The summed E-state index contributed by atoms with van der Waals surface area (Å²) in [5.74, 6) is -0.0427. The lowest BCUT2D eigenvalue weighted by Crippen LogP contribution is -2.29. The molecule has 1 saturated carbocycles. The summed E-state index contributed by atoms with van der Waals surface area (Å²) in [5.41, 5.74) is 1.17. The Hall–Kier alpha value is -4.06. The molecule has 4 aromatic heterocycles. The first-order valence-electron chi connectivity index (χ1n) is 11.9. The van der Waals surface area contributed by atoms with E-state index in [0.29, 0.717) is 35.8 Å². The predicted octanol–water partition coefficient (Wildman–Crippen LogP) is 3.75. The lowest BCUT2D eigenvalue weighted by Gasteiger charge is -2.26. The van der Waals surface area contributed by atoms with Gasteiger partial charge in [-0.05, 0) is 45.6 Å². The maximum absolute atomic E-state index is 14.1. The van der Waals surface area contributed by atoms with Crippen molar-refractivity contribution in [3.8, 4) is 0 Å². The number of carbonyl (C=O) groups excluding carboxylic acids is 1. The van der Waals surface area contributed by atoms with Crippen molar-refractivity contribution in [1.82, 2.24) is 29.4 Å². The van der Waals surface area contributed by atoms with E-state index in [-0.39, 0.29) is 29.6 Å². The first-order valence-corrected chi connectivity index (χ1v) is 11.9. The maximum atomic E-state index is 14.1. The molecule has 4 aromatic rings. The van der Waals surface area contributed by atoms with Crippen molar-refractivity contribution in [2.24, 2.45) is 0 Å². The molecule has 0 spiro atoms. The minimum absolute atomic E-state index is 0.0116. The molecule has 4 N–H and O–H groups in total. The minimum atomic E-state index is -0.641. The maximum Gasteiger partial charge on any atom is 0.276 e. The van der Waals surface area contributed by atoms with Crippen molar-refractivity contribution >= 4 is 34.6 Å². The number of halogens is 1. The van der Waals surface area contributed by atoms with Gasteiger partial charge in [0.15, 0.2) is 23.0 Å². The van der Waals surface area contributed by atoms with Gasteiger partial charge >= 0.3 is 0 Å². The summed E-state index contributed by atoms with van der Waals surface area (Å²) in [6.07, 6.45) is 8.48. The molecule has 0 unspecified atom stereocenters. The molecule has 0 bridgehead atoms. The van der Waals surface area contributed by atoms with E-state index in [9.17, 15) is 14.3 Å². The molecule has 5 rings (SSSR count). The number of hydrogen-bond acceptors (Lipinski definition) is 8. The molecule has 188 valence electrons. The average molecular weight is 494 g/mol. The van der Waals surface area contributed by atoms with Gasteiger partial charge in [-0.2, -0.15) is 5.10 Å². The predicted molar refractivity (Wildman–Crippen MR) is 133 cm³/mol. The Morgan fingerprint density at radius 2 is 1.92 bits per heavy atom. The normalized spacial score (nSPS) is 17.9. The van der Waals surface area contributed by atoms with Crippen molar-refractivity contribution in [1.29, 1.82) is 0 Å². The molecule has 0 saturated heterocycles. The number of aliphatic hydroxyl groups is 1. The summed E-state index contributed by atoms with van der Waals surface area (Å²) in [7, 11) is 0. The molecular weight excluding hydrogens is 465 g/mol. The number of imidazole rings is 1. The van der Waals surface area contributed by atoms with Gasteiger partial charge in [-0.3, -0.25) is 14.5 Å². The van der Waals surface area contributed by atoms with Gasteiger partial charge in [-0.15, -0.1) is 5.10 Å². The van der Waals surface area contributed by atoms with Crippen LogP contribution in [0.3, 0.4) is 0 Å². The van der Waals surface area contributed by atoms with E-state index in [1.165, 1.54) is 23.0 Å². The molecule has 36 heavy (non-hydrogen) atoms. The molecule has 0 atom stereocenters. The molecule has 1 aliphatic rings. The first-order chi connectivity index (χ1) is 17.4. The number of hydrogen-bond donors (Lipinski definition) is 4. The summed E-state index contributed by atoms with van der Waals surface area (Å²) < 4.78 is 17.3. The number of aliphatic hydroxyl groups excluding tert-OH is 1. The standard InChI is InChI=1S/C24H28FN9O2/c1-14(2)33-10-8-21(31-33)29-19-11-22(28-15-3-5-16(35)6-4-15)32-34-20(13-27-23(19)34)24(36)30-18-7-9-26-12-17(18)25/h7-16,35H,3-6H2,1-2H3,(H,28,32)(H,29,31)(H,26,30,36). The van der Waals surface area contributed by atoms with Gasteiger partial charge in [0.1, 0.15) is 5.82 Å². The Balaban J connectivity index is 1.49. The Morgan fingerprint density at radius 1 is 1.11 bits per heavy atom. The average Bonchev–Trinajstić information content (AvgIpc) is 3.50. The smallest absolute Gasteiger partial charge is 0.276 e. The lowest BCUT2D eigenvalue weighted by molar-refractivity contribution is 0.101. The summed E-state index contributed by atoms with van der Waals surface area (Å²) in [6, 6.07) is 5.40. The van der Waals surface area contributed by atoms with Gasteiger partial charge in [0.25, 0.3) is 5.91 Å². The highest BCUT2D eigenvalue weighted by molar-refractivity contribution is 6.03. The van der Waals surface area contributed by atoms with Crippen LogP contribution in [0.4, 0.5) is 27.4 Å². The highest BCUT2D eigenvalue weighted by atomic mass is 19.1. The first kappa shape index (κ1) is 23.7. The van der Waals surface area contributed by atoms with Crippen LogP contribution in [0.1, 0.15) is 56.1 Å². The zero-order chi connectivity index (χ0) is 25.2. The number of amides is 1. The molecule has 4 heterocycles. The number of carbonyl (C=O) groups is 1. The van der Waals surface area contributed by atoms with E-state index in [0.717, 1.165) is 19.0 Å². The SMILES string of the molecule is CC(C)n1ccc(Nc2cc(NC3CCC(O)CC3)nn3c(C(=O)Nc4ccncc4F)cnc23)n1. The van der Waals surface area contributed by atoms with Gasteiger partial charge in [-0.25, -0.2) is 13.9 Å². The van der Waals surface area contributed by atoms with Gasteiger partial charge in [0.05, 0.1) is 29.9 Å². The van der Waals surface area contributed by atoms with Crippen LogP contribution in [-0.4, -0.2) is 52.5 Å². The van der Waals surface area contributed by atoms with E-state index in [2.05, 4.69) is 36.1 Å². The Bertz CT molecular complexity index is 1380. The van der Waals surface area contributed by atoms with E-state index in [1.807, 2.05) is 36.9 Å². The summed E-state index contributed by atoms with van der Waals surface area (Å²) in [4.78, 5) is 21.2. The van der Waals surface area contributed by atoms with Crippen LogP contribution in [0.2, 0.25) is 0 Å². The third-order valence-corrected chi connectivity index (χ3v) is 6.17. The molecule has 11 nitrogen and oxygen atoms in total. The number of pyridine rings is 1. The molecule has 12 heteroatoms. The van der Waals surface area contributed by atoms with Crippen LogP contribution in [0.25, 0.3) is 5.65 Å². The molecule has 1 aliphatic carbocycles. The van der Waals surface area contributed by atoms with E-state index in [1.54, 1.807) is 0 Å². The molecular formula is C24H28FN9O2. The Labute approximate surface area is 206 Å². The van der Waals surface area contributed by atoms with Crippen LogP contribution >= 0.6 is 0 Å². The summed E-state index contributed by atoms with van der Waals surface area (Å²) in [6.45, 7) is 4.07. The van der Waals surface area contributed by atoms with Gasteiger partial charge in [-0.1, -0.05) is 0 Å². The Kier molecular flexibility index (Phi) is 6.51. The number of fused-ring (bicyclic) bond motifs is 1. The number of nitrogens with zero attached hydrogens (tertiary/aromatic N) is 6. The number of aromatic nitrogens is 6. The van der Waals surface area contributed by atoms with Crippen LogP contribution in [0.5, 0.6) is 0 Å². The number of anilines is 4. The fourth-order valence-corrected chi connectivity index (χ4v) is 4.21. The second kappa shape index (κ2) is 9.90. The molecule has 0 aromatic carbocycles. The highest BCUT2D eigenvalue weighted by Gasteiger charge is 2.22. The fraction of sp³-hybridized carbons (Fsp3) is 0.375. The van der Waals surface area contributed by atoms with Crippen molar-refractivity contribution in [3.63, 3.8) is 0 Å². The van der Waals surface area contributed by atoms with Gasteiger partial charge in [0.2, 0.25) is 0 Å². The topological polar surface area (TPSA) is 134 Å². The fourth-order valence-electron chi connectivity index (χ4n) is 4.21. The largest absolute Gasteiger partial charge is 0.393 e. The quantitative estimate of drug-likeness (QED) is 0.306. The zero-order valence-electron chi connectivity index (χ0n) is 20.0. The number of nitrogens with one attached hydrogen (secondary N) is 3. The molecule has 0 radical (unpaired) electrons. The van der Waals surface area contributed by atoms with Crippen LogP contribution in [0, 0.1) is 5.82 Å². The third-order valence-electron chi connectivity index (χ3n) is 6.17. The molecule has 1 fully saturated rings.